The molecule has 0 N–H and O–H groups in total. The Morgan fingerprint density at radius 2 is 1.72 bits per heavy atom. The van der Waals surface area contributed by atoms with Crippen LogP contribution in [-0.4, -0.2) is 47.0 Å². The molecule has 1 fully saturated rings. The van der Waals surface area contributed by atoms with E-state index in [1.807, 2.05) is 13.0 Å². The number of rotatable bonds is 5. The standard InChI is InChI=1S/C23H22F3N3O3/c1-16-12-21(32-27-16)15-28-8-10-29(11-9-28)22(30)17-4-2-6-19(13-17)31-20-7-3-5-18(14-20)23(24,25)26/h2-7,12-14H,8-11,15H2,1H3. The van der Waals surface area contributed by atoms with Crippen molar-refractivity contribution in [2.75, 3.05) is 26.2 Å². The van der Waals surface area contributed by atoms with Crippen molar-refractivity contribution in [2.24, 2.45) is 0 Å². The maximum Gasteiger partial charge on any atom is 0.416 e. The van der Waals surface area contributed by atoms with Crippen molar-refractivity contribution in [3.63, 3.8) is 0 Å². The number of benzene rings is 2. The highest BCUT2D eigenvalue weighted by Gasteiger charge is 2.30. The fourth-order valence-electron chi connectivity index (χ4n) is 3.57. The quantitative estimate of drug-likeness (QED) is 0.567. The number of piperazine rings is 1. The van der Waals surface area contributed by atoms with Crippen LogP contribution in [0.15, 0.2) is 59.1 Å². The van der Waals surface area contributed by atoms with Crippen molar-refractivity contribution in [1.29, 1.82) is 0 Å². The molecule has 3 aromatic rings. The Morgan fingerprint density at radius 1 is 1.03 bits per heavy atom. The lowest BCUT2D eigenvalue weighted by Crippen LogP contribution is -2.48. The number of hydrogen-bond acceptors (Lipinski definition) is 5. The van der Waals surface area contributed by atoms with Crippen molar-refractivity contribution in [3.05, 3.63) is 77.2 Å². The van der Waals surface area contributed by atoms with Crippen LogP contribution >= 0.6 is 0 Å². The Morgan fingerprint density at radius 3 is 2.38 bits per heavy atom. The minimum Gasteiger partial charge on any atom is -0.457 e. The van der Waals surface area contributed by atoms with E-state index >= 15 is 0 Å². The van der Waals surface area contributed by atoms with Gasteiger partial charge in [-0.25, -0.2) is 0 Å². The van der Waals surface area contributed by atoms with Gasteiger partial charge in [-0.2, -0.15) is 13.2 Å². The number of carbonyl (C=O) groups excluding carboxylic acids is 1. The van der Waals surface area contributed by atoms with E-state index in [1.54, 1.807) is 29.2 Å². The Labute approximate surface area is 183 Å². The molecule has 1 aliphatic heterocycles. The topological polar surface area (TPSA) is 58.8 Å². The van der Waals surface area contributed by atoms with Crippen LogP contribution in [0.25, 0.3) is 0 Å². The minimum atomic E-state index is -4.45. The summed E-state index contributed by atoms with van der Waals surface area (Å²) in [4.78, 5) is 16.9. The third-order valence-electron chi connectivity index (χ3n) is 5.19. The lowest BCUT2D eigenvalue weighted by Gasteiger charge is -2.34. The Hall–Kier alpha value is -3.33. The summed E-state index contributed by atoms with van der Waals surface area (Å²) < 4.78 is 49.6. The molecular formula is C23H22F3N3O3. The molecule has 0 atom stereocenters. The molecule has 32 heavy (non-hydrogen) atoms. The zero-order valence-electron chi connectivity index (χ0n) is 17.4. The number of halogens is 3. The van der Waals surface area contributed by atoms with Crippen LogP contribution in [0.3, 0.4) is 0 Å². The predicted octanol–water partition coefficient (Wildman–Crippen LogP) is 4.75. The predicted molar refractivity (Wildman–Crippen MR) is 110 cm³/mol. The second-order valence-corrected chi connectivity index (χ2v) is 7.66. The van der Waals surface area contributed by atoms with Crippen LogP contribution < -0.4 is 4.74 Å². The van der Waals surface area contributed by atoms with Gasteiger partial charge in [0.05, 0.1) is 17.8 Å². The average Bonchev–Trinajstić information content (AvgIpc) is 3.18. The molecule has 1 aromatic heterocycles. The molecule has 168 valence electrons. The third kappa shape index (κ3) is 5.28. The number of ether oxygens (including phenoxy) is 1. The van der Waals surface area contributed by atoms with Gasteiger partial charge in [0.1, 0.15) is 11.5 Å². The molecular weight excluding hydrogens is 423 g/mol. The second kappa shape index (κ2) is 9.04. The molecule has 6 nitrogen and oxygen atoms in total. The smallest absolute Gasteiger partial charge is 0.416 e. The first kappa shape index (κ1) is 21.9. The van der Waals surface area contributed by atoms with E-state index in [-0.39, 0.29) is 11.7 Å². The van der Waals surface area contributed by atoms with E-state index in [0.29, 0.717) is 44.0 Å². The average molecular weight is 445 g/mol. The van der Waals surface area contributed by atoms with E-state index in [4.69, 9.17) is 9.26 Å². The summed E-state index contributed by atoms with van der Waals surface area (Å²) >= 11 is 0. The van der Waals surface area contributed by atoms with Gasteiger partial charge in [0.25, 0.3) is 5.91 Å². The molecule has 9 heteroatoms. The zero-order chi connectivity index (χ0) is 22.7. The largest absolute Gasteiger partial charge is 0.457 e. The molecule has 0 spiro atoms. The van der Waals surface area contributed by atoms with Crippen LogP contribution in [-0.2, 0) is 12.7 Å². The molecule has 0 radical (unpaired) electrons. The van der Waals surface area contributed by atoms with Gasteiger partial charge in [-0.05, 0) is 43.3 Å². The van der Waals surface area contributed by atoms with Gasteiger partial charge in [0.2, 0.25) is 0 Å². The van der Waals surface area contributed by atoms with Gasteiger partial charge in [0, 0.05) is 37.8 Å². The van der Waals surface area contributed by atoms with Gasteiger partial charge >= 0.3 is 6.18 Å². The van der Waals surface area contributed by atoms with E-state index < -0.39 is 11.7 Å². The molecule has 2 heterocycles. The first-order valence-electron chi connectivity index (χ1n) is 10.2. The van der Waals surface area contributed by atoms with Gasteiger partial charge in [-0.3, -0.25) is 9.69 Å². The second-order valence-electron chi connectivity index (χ2n) is 7.66. The maximum absolute atomic E-state index is 12.9. The van der Waals surface area contributed by atoms with E-state index in [1.165, 1.54) is 12.1 Å². The van der Waals surface area contributed by atoms with Crippen LogP contribution in [0.4, 0.5) is 13.2 Å². The number of carbonyl (C=O) groups is 1. The van der Waals surface area contributed by atoms with E-state index in [9.17, 15) is 18.0 Å². The molecule has 1 saturated heterocycles. The van der Waals surface area contributed by atoms with E-state index in [2.05, 4.69) is 10.1 Å². The third-order valence-corrected chi connectivity index (χ3v) is 5.19. The SMILES string of the molecule is Cc1cc(CN2CCN(C(=O)c3cccc(Oc4cccc(C(F)(F)F)c4)c3)CC2)on1. The summed E-state index contributed by atoms with van der Waals surface area (Å²) in [5, 5.41) is 3.89. The normalized spacial score (nSPS) is 15.1. The number of aryl methyl sites for hydroxylation is 1. The molecule has 0 bridgehead atoms. The molecule has 4 rings (SSSR count). The molecule has 0 unspecified atom stereocenters. The lowest BCUT2D eigenvalue weighted by molar-refractivity contribution is -0.137. The van der Waals surface area contributed by atoms with E-state index in [0.717, 1.165) is 23.6 Å². The number of aromatic nitrogens is 1. The zero-order valence-corrected chi connectivity index (χ0v) is 17.4. The van der Waals surface area contributed by atoms with Crippen molar-refractivity contribution >= 4 is 5.91 Å². The first-order valence-corrected chi connectivity index (χ1v) is 10.2. The number of hydrogen-bond donors (Lipinski definition) is 0. The number of amides is 1. The van der Waals surface area contributed by atoms with Crippen LogP contribution in [0.5, 0.6) is 11.5 Å². The Bertz CT molecular complexity index is 1090. The first-order chi connectivity index (χ1) is 15.3. The molecule has 2 aromatic carbocycles. The summed E-state index contributed by atoms with van der Waals surface area (Å²) in [5.41, 5.74) is 0.468. The van der Waals surface area contributed by atoms with Gasteiger partial charge in [-0.15, -0.1) is 0 Å². The molecule has 1 aliphatic rings. The molecule has 1 amide bonds. The lowest BCUT2D eigenvalue weighted by atomic mass is 10.1. The maximum atomic E-state index is 12.9. The highest BCUT2D eigenvalue weighted by Crippen LogP contribution is 2.33. The summed E-state index contributed by atoms with van der Waals surface area (Å²) in [5.74, 6) is 1.01. The Balaban J connectivity index is 1.37. The van der Waals surface area contributed by atoms with Crippen LogP contribution in [0, 0.1) is 6.92 Å². The number of nitrogens with zero attached hydrogens (tertiary/aromatic N) is 3. The van der Waals surface area contributed by atoms with Crippen LogP contribution in [0.1, 0.15) is 27.4 Å². The monoisotopic (exact) mass is 445 g/mol. The fourth-order valence-corrected chi connectivity index (χ4v) is 3.57. The summed E-state index contributed by atoms with van der Waals surface area (Å²) in [6.45, 7) is 5.03. The number of alkyl halides is 3. The highest BCUT2D eigenvalue weighted by molar-refractivity contribution is 5.94. The Kier molecular flexibility index (Phi) is 6.18. The van der Waals surface area contributed by atoms with Gasteiger partial charge < -0.3 is 14.2 Å². The highest BCUT2D eigenvalue weighted by atomic mass is 19.4. The van der Waals surface area contributed by atoms with Crippen LogP contribution in [0.2, 0.25) is 0 Å². The van der Waals surface area contributed by atoms with Gasteiger partial charge in [-0.1, -0.05) is 17.3 Å². The minimum absolute atomic E-state index is 0.0562. The summed E-state index contributed by atoms with van der Waals surface area (Å²) in [7, 11) is 0. The van der Waals surface area contributed by atoms with Crippen molar-refractivity contribution in [1.82, 2.24) is 15.0 Å². The fraction of sp³-hybridized carbons (Fsp3) is 0.304. The molecule has 0 aliphatic carbocycles. The van der Waals surface area contributed by atoms with Crippen molar-refractivity contribution < 1.29 is 27.2 Å². The van der Waals surface area contributed by atoms with Crippen molar-refractivity contribution in [3.8, 4) is 11.5 Å². The summed E-state index contributed by atoms with van der Waals surface area (Å²) in [6.07, 6.45) is -4.45. The molecule has 0 saturated carbocycles. The van der Waals surface area contributed by atoms with Gasteiger partial charge in [0.15, 0.2) is 5.76 Å². The van der Waals surface area contributed by atoms with Crippen molar-refractivity contribution in [2.45, 2.75) is 19.6 Å². The summed E-state index contributed by atoms with van der Waals surface area (Å²) in [6, 6.07) is 13.0.